The van der Waals surface area contributed by atoms with Gasteiger partial charge in [0.05, 0.1) is 24.0 Å². The minimum Gasteiger partial charge on any atom is -0.467 e. The highest BCUT2D eigenvalue weighted by atomic mass is 79.9. The number of aromatic nitrogens is 2. The van der Waals surface area contributed by atoms with Gasteiger partial charge in [-0.15, -0.1) is 0 Å². The van der Waals surface area contributed by atoms with Gasteiger partial charge in [-0.25, -0.2) is 4.98 Å². The second-order valence-electron chi connectivity index (χ2n) is 3.73. The van der Waals surface area contributed by atoms with Crippen LogP contribution in [0.15, 0.2) is 36.5 Å². The molecule has 0 aliphatic carbocycles. The predicted molar refractivity (Wildman–Crippen MR) is 75.4 cm³/mol. The van der Waals surface area contributed by atoms with E-state index in [1.165, 1.54) is 12.7 Å². The molecule has 0 radical (unpaired) electrons. The first-order chi connectivity index (χ1) is 8.70. The van der Waals surface area contributed by atoms with Crippen LogP contribution >= 0.6 is 27.5 Å². The number of alkyl halides is 1. The molecule has 1 unspecified atom stereocenters. The fourth-order valence-corrected chi connectivity index (χ4v) is 2.36. The van der Waals surface area contributed by atoms with Crippen molar-refractivity contribution in [2.24, 2.45) is 0 Å². The molecule has 0 saturated heterocycles. The van der Waals surface area contributed by atoms with Gasteiger partial charge in [-0.1, -0.05) is 57.9 Å². The molecule has 2 rings (SSSR count). The summed E-state index contributed by atoms with van der Waals surface area (Å²) in [7, 11) is 1.54. The lowest BCUT2D eigenvalue weighted by Crippen LogP contribution is -2.01. The standard InChI is InChI=1S/C13H12BrClN2O/c1-18-13-16-8-11(15)12(17-13)7-10(14)9-5-3-2-4-6-9/h2-6,8,10H,7H2,1H3. The minimum absolute atomic E-state index is 0.163. The Balaban J connectivity index is 2.18. The Labute approximate surface area is 119 Å². The van der Waals surface area contributed by atoms with Crippen molar-refractivity contribution in [3.05, 3.63) is 52.8 Å². The van der Waals surface area contributed by atoms with E-state index in [4.69, 9.17) is 16.3 Å². The lowest BCUT2D eigenvalue weighted by molar-refractivity contribution is 0.378. The maximum atomic E-state index is 6.08. The normalized spacial score (nSPS) is 12.2. The van der Waals surface area contributed by atoms with Crippen LogP contribution in [0.5, 0.6) is 6.01 Å². The summed E-state index contributed by atoms with van der Waals surface area (Å²) in [6.45, 7) is 0. The first-order valence-electron chi connectivity index (χ1n) is 5.45. The zero-order chi connectivity index (χ0) is 13.0. The van der Waals surface area contributed by atoms with Crippen LogP contribution in [-0.2, 0) is 6.42 Å². The predicted octanol–water partition coefficient (Wildman–Crippen LogP) is 3.82. The van der Waals surface area contributed by atoms with Crippen LogP contribution < -0.4 is 4.74 Å². The van der Waals surface area contributed by atoms with Crippen molar-refractivity contribution in [1.29, 1.82) is 0 Å². The molecule has 1 atom stereocenters. The number of rotatable bonds is 4. The van der Waals surface area contributed by atoms with E-state index in [1.54, 1.807) is 6.20 Å². The van der Waals surface area contributed by atoms with Crippen molar-refractivity contribution in [2.75, 3.05) is 7.11 Å². The molecule has 1 aromatic heterocycles. The number of methoxy groups -OCH3 is 1. The molecule has 0 amide bonds. The first kappa shape index (κ1) is 13.3. The SMILES string of the molecule is COc1ncc(Cl)c(CC(Br)c2ccccc2)n1. The second kappa shape index (κ2) is 6.16. The van der Waals surface area contributed by atoms with Gasteiger partial charge in [-0.05, 0) is 5.56 Å². The van der Waals surface area contributed by atoms with Crippen LogP contribution in [0, 0.1) is 0 Å². The molecule has 0 saturated carbocycles. The average molecular weight is 328 g/mol. The van der Waals surface area contributed by atoms with Crippen molar-refractivity contribution in [3.63, 3.8) is 0 Å². The molecule has 0 N–H and O–H groups in total. The zero-order valence-corrected chi connectivity index (χ0v) is 12.1. The Kier molecular flexibility index (Phi) is 4.55. The van der Waals surface area contributed by atoms with Gasteiger partial charge in [-0.2, -0.15) is 4.98 Å². The molecular formula is C13H12BrClN2O. The van der Waals surface area contributed by atoms with Gasteiger partial charge < -0.3 is 4.74 Å². The highest BCUT2D eigenvalue weighted by Gasteiger charge is 2.13. The monoisotopic (exact) mass is 326 g/mol. The number of nitrogens with zero attached hydrogens (tertiary/aromatic N) is 2. The van der Waals surface area contributed by atoms with Crippen molar-refractivity contribution < 1.29 is 4.74 Å². The van der Waals surface area contributed by atoms with Gasteiger partial charge in [0.25, 0.3) is 0 Å². The molecular weight excluding hydrogens is 316 g/mol. The third-order valence-corrected chi connectivity index (χ3v) is 3.68. The number of hydrogen-bond acceptors (Lipinski definition) is 3. The van der Waals surface area contributed by atoms with Gasteiger partial charge >= 0.3 is 6.01 Å². The Hall–Kier alpha value is -1.13. The van der Waals surface area contributed by atoms with Gasteiger partial charge in [0.15, 0.2) is 0 Å². The lowest BCUT2D eigenvalue weighted by Gasteiger charge is -2.11. The number of hydrogen-bond donors (Lipinski definition) is 0. The Bertz CT molecular complexity index is 522. The third kappa shape index (κ3) is 3.21. The van der Waals surface area contributed by atoms with E-state index in [1.807, 2.05) is 18.2 Å². The summed E-state index contributed by atoms with van der Waals surface area (Å²) in [5.74, 6) is 0. The molecule has 1 aromatic carbocycles. The molecule has 3 nitrogen and oxygen atoms in total. The highest BCUT2D eigenvalue weighted by molar-refractivity contribution is 9.09. The number of benzene rings is 1. The van der Waals surface area contributed by atoms with E-state index in [0.29, 0.717) is 17.5 Å². The maximum Gasteiger partial charge on any atom is 0.316 e. The summed E-state index contributed by atoms with van der Waals surface area (Å²) in [6.07, 6.45) is 2.25. The average Bonchev–Trinajstić information content (AvgIpc) is 2.42. The van der Waals surface area contributed by atoms with E-state index >= 15 is 0 Å². The largest absolute Gasteiger partial charge is 0.467 e. The quantitative estimate of drug-likeness (QED) is 0.801. The van der Waals surface area contributed by atoms with Crippen LogP contribution in [0.2, 0.25) is 5.02 Å². The van der Waals surface area contributed by atoms with Crippen LogP contribution in [-0.4, -0.2) is 17.1 Å². The fraction of sp³-hybridized carbons (Fsp3) is 0.231. The topological polar surface area (TPSA) is 35.0 Å². The van der Waals surface area contributed by atoms with E-state index in [2.05, 4.69) is 38.0 Å². The lowest BCUT2D eigenvalue weighted by atomic mass is 10.1. The molecule has 0 bridgehead atoms. The van der Waals surface area contributed by atoms with Gasteiger partial charge in [0, 0.05) is 11.2 Å². The van der Waals surface area contributed by atoms with Gasteiger partial charge in [0.1, 0.15) is 0 Å². The molecule has 0 aliphatic heterocycles. The smallest absolute Gasteiger partial charge is 0.316 e. The Morgan fingerprint density at radius 3 is 2.72 bits per heavy atom. The van der Waals surface area contributed by atoms with E-state index in [0.717, 1.165) is 5.69 Å². The summed E-state index contributed by atoms with van der Waals surface area (Å²) in [5.41, 5.74) is 1.96. The zero-order valence-electron chi connectivity index (χ0n) is 9.81. The summed E-state index contributed by atoms with van der Waals surface area (Å²) in [5, 5.41) is 0.552. The minimum atomic E-state index is 0.163. The van der Waals surface area contributed by atoms with Crippen molar-refractivity contribution in [3.8, 4) is 6.01 Å². The van der Waals surface area contributed by atoms with Crippen LogP contribution in [0.4, 0.5) is 0 Å². The van der Waals surface area contributed by atoms with E-state index in [-0.39, 0.29) is 4.83 Å². The highest BCUT2D eigenvalue weighted by Crippen LogP contribution is 2.29. The molecule has 2 aromatic rings. The second-order valence-corrected chi connectivity index (χ2v) is 5.25. The summed E-state index contributed by atoms with van der Waals surface area (Å²) in [6, 6.07) is 10.5. The van der Waals surface area contributed by atoms with Crippen molar-refractivity contribution in [2.45, 2.75) is 11.2 Å². The molecule has 0 aliphatic rings. The maximum absolute atomic E-state index is 6.08. The van der Waals surface area contributed by atoms with Gasteiger partial charge in [-0.3, -0.25) is 0 Å². The van der Waals surface area contributed by atoms with Crippen LogP contribution in [0.1, 0.15) is 16.1 Å². The summed E-state index contributed by atoms with van der Waals surface area (Å²) < 4.78 is 5.00. The van der Waals surface area contributed by atoms with E-state index < -0.39 is 0 Å². The van der Waals surface area contributed by atoms with Gasteiger partial charge in [0.2, 0.25) is 0 Å². The molecule has 0 fully saturated rings. The van der Waals surface area contributed by atoms with E-state index in [9.17, 15) is 0 Å². The number of ether oxygens (including phenoxy) is 1. The molecule has 18 heavy (non-hydrogen) atoms. The Morgan fingerprint density at radius 1 is 1.33 bits per heavy atom. The molecule has 1 heterocycles. The van der Waals surface area contributed by atoms with Crippen molar-refractivity contribution in [1.82, 2.24) is 9.97 Å². The third-order valence-electron chi connectivity index (χ3n) is 2.51. The fourth-order valence-electron chi connectivity index (χ4n) is 1.58. The molecule has 5 heteroatoms. The summed E-state index contributed by atoms with van der Waals surface area (Å²) in [4.78, 5) is 8.38. The van der Waals surface area contributed by atoms with Crippen molar-refractivity contribution >= 4 is 27.5 Å². The first-order valence-corrected chi connectivity index (χ1v) is 6.74. The Morgan fingerprint density at radius 2 is 2.06 bits per heavy atom. The molecule has 94 valence electrons. The van der Waals surface area contributed by atoms with Crippen LogP contribution in [0.25, 0.3) is 0 Å². The molecule has 0 spiro atoms. The summed E-state index contributed by atoms with van der Waals surface area (Å²) >= 11 is 9.73. The van der Waals surface area contributed by atoms with Crippen LogP contribution in [0.3, 0.4) is 0 Å². The number of halogens is 2.